The number of carbonyl (C=O) groups excluding carboxylic acids is 3. The summed E-state index contributed by atoms with van der Waals surface area (Å²) in [6, 6.07) is 10.0. The first-order chi connectivity index (χ1) is 18.4. The van der Waals surface area contributed by atoms with Gasteiger partial charge in [0, 0.05) is 41.6 Å². The number of benzene rings is 2. The molecule has 9 heteroatoms. The zero-order valence-electron chi connectivity index (χ0n) is 21.9. The minimum atomic E-state index is -0.630. The van der Waals surface area contributed by atoms with E-state index in [0.717, 1.165) is 67.0 Å². The number of ether oxygens (including phenoxy) is 1. The fraction of sp³-hybridized carbons (Fsp3) is 0.448. The zero-order chi connectivity index (χ0) is 26.4. The Labute approximate surface area is 221 Å². The molecule has 3 aliphatic heterocycles. The summed E-state index contributed by atoms with van der Waals surface area (Å²) in [4.78, 5) is 39.9. The van der Waals surface area contributed by atoms with Gasteiger partial charge in [0.25, 0.3) is 0 Å². The Morgan fingerprint density at radius 1 is 1.18 bits per heavy atom. The van der Waals surface area contributed by atoms with Crippen LogP contribution < -0.4 is 10.1 Å². The predicted molar refractivity (Wildman–Crippen MR) is 141 cm³/mol. The van der Waals surface area contributed by atoms with E-state index in [1.807, 2.05) is 6.92 Å². The maximum Gasteiger partial charge on any atom is 0.249 e. The number of imide groups is 1. The summed E-state index contributed by atoms with van der Waals surface area (Å²) in [5.41, 5.74) is 6.58. The number of hydrogen-bond donors (Lipinski definition) is 2. The van der Waals surface area contributed by atoms with Gasteiger partial charge in [-0.1, -0.05) is 18.2 Å². The Kier molecular flexibility index (Phi) is 6.18. The van der Waals surface area contributed by atoms with Crippen LogP contribution in [0.25, 0.3) is 10.9 Å². The highest BCUT2D eigenvalue weighted by Crippen LogP contribution is 2.47. The van der Waals surface area contributed by atoms with E-state index >= 15 is 0 Å². The van der Waals surface area contributed by atoms with Gasteiger partial charge in [0.05, 0.1) is 12.1 Å². The van der Waals surface area contributed by atoms with Crippen LogP contribution in [0.3, 0.4) is 0 Å². The standard InChI is InChI=1S/C29H33N5O4/c1-18-12-25-23(13-21(18)15-34(17-35)24-6-7-26(36)30-28(24)37)29(16-38-25)8-10-33(11-9-29)14-20-4-3-5-22-19(2)31-32-27(20)22/h3-5,12-13,17,24H,6-11,14-16H2,1-2H3,(H,31,32)(H,30,36,37). The van der Waals surface area contributed by atoms with Gasteiger partial charge in [0.1, 0.15) is 11.8 Å². The maximum atomic E-state index is 12.4. The highest BCUT2D eigenvalue weighted by atomic mass is 16.5. The van der Waals surface area contributed by atoms with Crippen molar-refractivity contribution in [3.05, 3.63) is 58.3 Å². The highest BCUT2D eigenvalue weighted by molar-refractivity contribution is 6.00. The second-order valence-electron chi connectivity index (χ2n) is 11.0. The smallest absolute Gasteiger partial charge is 0.249 e. The number of H-pyrrole nitrogens is 1. The summed E-state index contributed by atoms with van der Waals surface area (Å²) < 4.78 is 6.20. The Morgan fingerprint density at radius 2 is 2.00 bits per heavy atom. The SMILES string of the molecule is Cc1cc2c(cc1CN(C=O)C1CCC(=O)NC1=O)C1(CCN(Cc3cccc4c(C)[nH]nc34)CC1)CO2. The summed E-state index contributed by atoms with van der Waals surface area (Å²) >= 11 is 0. The summed E-state index contributed by atoms with van der Waals surface area (Å²) in [5.74, 6) is 0.238. The number of aromatic amines is 1. The van der Waals surface area contributed by atoms with Crippen molar-refractivity contribution in [2.24, 2.45) is 0 Å². The third-order valence-electron chi connectivity index (χ3n) is 8.68. The van der Waals surface area contributed by atoms with Crippen molar-refractivity contribution in [2.45, 2.75) is 64.1 Å². The third-order valence-corrected chi connectivity index (χ3v) is 8.68. The molecule has 3 aliphatic rings. The molecule has 198 valence electrons. The number of amides is 3. The molecular weight excluding hydrogens is 482 g/mol. The van der Waals surface area contributed by atoms with Gasteiger partial charge in [-0.3, -0.25) is 29.7 Å². The van der Waals surface area contributed by atoms with Crippen LogP contribution in [0.2, 0.25) is 0 Å². The Hall–Kier alpha value is -3.72. The van der Waals surface area contributed by atoms with E-state index < -0.39 is 11.9 Å². The van der Waals surface area contributed by atoms with Crippen LogP contribution in [0, 0.1) is 13.8 Å². The zero-order valence-corrected chi connectivity index (χ0v) is 21.9. The molecule has 0 bridgehead atoms. The molecule has 1 atom stereocenters. The number of hydrogen-bond acceptors (Lipinski definition) is 6. The monoisotopic (exact) mass is 515 g/mol. The lowest BCUT2D eigenvalue weighted by Crippen LogP contribution is -2.51. The molecule has 2 fully saturated rings. The Bertz CT molecular complexity index is 1420. The Morgan fingerprint density at radius 3 is 2.76 bits per heavy atom. The number of rotatable bonds is 6. The van der Waals surface area contributed by atoms with Gasteiger partial charge >= 0.3 is 0 Å². The van der Waals surface area contributed by atoms with Gasteiger partial charge in [-0.2, -0.15) is 5.10 Å². The lowest BCUT2D eigenvalue weighted by molar-refractivity contribution is -0.141. The average molecular weight is 516 g/mol. The molecule has 9 nitrogen and oxygen atoms in total. The first-order valence-electron chi connectivity index (χ1n) is 13.3. The maximum absolute atomic E-state index is 12.4. The minimum Gasteiger partial charge on any atom is -0.492 e. The highest BCUT2D eigenvalue weighted by Gasteiger charge is 2.43. The molecule has 0 saturated carbocycles. The topological polar surface area (TPSA) is 108 Å². The number of piperidine rings is 2. The van der Waals surface area contributed by atoms with Crippen molar-refractivity contribution in [1.29, 1.82) is 0 Å². The second-order valence-corrected chi connectivity index (χ2v) is 11.0. The molecule has 2 N–H and O–H groups in total. The van der Waals surface area contributed by atoms with Crippen molar-refractivity contribution < 1.29 is 19.1 Å². The molecule has 38 heavy (non-hydrogen) atoms. The first-order valence-corrected chi connectivity index (χ1v) is 13.3. The molecule has 2 aromatic carbocycles. The summed E-state index contributed by atoms with van der Waals surface area (Å²) in [6.45, 7) is 7.84. The number of fused-ring (bicyclic) bond motifs is 3. The number of nitrogens with one attached hydrogen (secondary N) is 2. The van der Waals surface area contributed by atoms with E-state index in [1.54, 1.807) is 0 Å². The van der Waals surface area contributed by atoms with E-state index in [4.69, 9.17) is 4.74 Å². The number of carbonyl (C=O) groups is 3. The fourth-order valence-electron chi connectivity index (χ4n) is 6.29. The van der Waals surface area contributed by atoms with Crippen LogP contribution in [0.1, 0.15) is 53.6 Å². The van der Waals surface area contributed by atoms with E-state index in [1.165, 1.54) is 21.4 Å². The van der Waals surface area contributed by atoms with Gasteiger partial charge in [-0.05, 0) is 75.0 Å². The molecule has 4 heterocycles. The van der Waals surface area contributed by atoms with Gasteiger partial charge in [-0.25, -0.2) is 0 Å². The fourth-order valence-corrected chi connectivity index (χ4v) is 6.29. The average Bonchev–Trinajstić information content (AvgIpc) is 3.45. The number of para-hydroxylation sites is 1. The molecule has 2 saturated heterocycles. The van der Waals surface area contributed by atoms with Gasteiger partial charge in [0.15, 0.2) is 0 Å². The van der Waals surface area contributed by atoms with Crippen molar-refractivity contribution >= 4 is 29.1 Å². The number of aromatic nitrogens is 2. The number of nitrogens with zero attached hydrogens (tertiary/aromatic N) is 3. The summed E-state index contributed by atoms with van der Waals surface area (Å²) in [7, 11) is 0. The summed E-state index contributed by atoms with van der Waals surface area (Å²) in [5, 5.41) is 11.2. The van der Waals surface area contributed by atoms with Crippen molar-refractivity contribution in [3.8, 4) is 5.75 Å². The van der Waals surface area contributed by atoms with Crippen molar-refractivity contribution in [1.82, 2.24) is 25.3 Å². The molecule has 1 spiro atoms. The lowest BCUT2D eigenvalue weighted by Gasteiger charge is -2.39. The van der Waals surface area contributed by atoms with Gasteiger partial charge in [-0.15, -0.1) is 0 Å². The van der Waals surface area contributed by atoms with Crippen LogP contribution in [0.4, 0.5) is 0 Å². The van der Waals surface area contributed by atoms with Crippen LogP contribution in [0.5, 0.6) is 5.75 Å². The quantitative estimate of drug-likeness (QED) is 0.386. The molecule has 6 rings (SSSR count). The molecule has 0 aliphatic carbocycles. The molecule has 3 aromatic rings. The van der Waals surface area contributed by atoms with Crippen LogP contribution >= 0.6 is 0 Å². The molecule has 3 amide bonds. The largest absolute Gasteiger partial charge is 0.492 e. The molecular formula is C29H33N5O4. The Balaban J connectivity index is 1.18. The van der Waals surface area contributed by atoms with Crippen LogP contribution in [-0.2, 0) is 32.9 Å². The molecule has 1 unspecified atom stereocenters. The normalized spacial score (nSPS) is 20.8. The van der Waals surface area contributed by atoms with Crippen molar-refractivity contribution in [3.63, 3.8) is 0 Å². The number of likely N-dealkylation sites (tertiary alicyclic amines) is 1. The first kappa shape index (κ1) is 24.6. The van der Waals surface area contributed by atoms with Crippen LogP contribution in [-0.4, -0.2) is 64.0 Å². The lowest BCUT2D eigenvalue weighted by atomic mass is 9.73. The molecule has 1 aromatic heterocycles. The van der Waals surface area contributed by atoms with E-state index in [2.05, 4.69) is 57.7 Å². The third kappa shape index (κ3) is 4.24. The minimum absolute atomic E-state index is 0.0517. The number of aryl methyl sites for hydroxylation is 2. The van der Waals surface area contributed by atoms with E-state index in [-0.39, 0.29) is 17.7 Å². The predicted octanol–water partition coefficient (Wildman–Crippen LogP) is 2.87. The second kappa shape index (κ2) is 9.54. The van der Waals surface area contributed by atoms with Gasteiger partial charge in [0.2, 0.25) is 18.2 Å². The van der Waals surface area contributed by atoms with Crippen molar-refractivity contribution in [2.75, 3.05) is 19.7 Å². The van der Waals surface area contributed by atoms with Gasteiger partial charge < -0.3 is 9.64 Å². The summed E-state index contributed by atoms with van der Waals surface area (Å²) in [6.07, 6.45) is 3.29. The van der Waals surface area contributed by atoms with E-state index in [9.17, 15) is 14.4 Å². The van der Waals surface area contributed by atoms with Crippen LogP contribution in [0.15, 0.2) is 30.3 Å². The van der Waals surface area contributed by atoms with E-state index in [0.29, 0.717) is 19.6 Å². The molecule has 0 radical (unpaired) electrons.